The van der Waals surface area contributed by atoms with Gasteiger partial charge in [0.2, 0.25) is 23.6 Å². The van der Waals surface area contributed by atoms with E-state index in [4.69, 9.17) is 20.3 Å². The summed E-state index contributed by atoms with van der Waals surface area (Å²) in [5.74, 6) is -8.65. The number of nitrogens with two attached hydrogens (primary N) is 1. The van der Waals surface area contributed by atoms with Gasteiger partial charge in [-0.2, -0.15) is 11.8 Å². The van der Waals surface area contributed by atoms with Gasteiger partial charge in [-0.05, 0) is 25.7 Å². The smallest absolute Gasteiger partial charge is 0.326 e. The molecular weight excluding hydrogens is 951 g/mol. The highest BCUT2D eigenvalue weighted by Crippen LogP contribution is 2.17. The van der Waals surface area contributed by atoms with Gasteiger partial charge in [-0.15, -0.1) is 0 Å². The number of esters is 2. The molecular formula is C52H93N5O14S. The van der Waals surface area contributed by atoms with Gasteiger partial charge in [0.25, 0.3) is 0 Å². The first-order valence-corrected chi connectivity index (χ1v) is 28.2. The van der Waals surface area contributed by atoms with Crippen molar-refractivity contribution < 1.29 is 67.9 Å². The van der Waals surface area contributed by atoms with Crippen LogP contribution < -0.4 is 27.0 Å². The lowest BCUT2D eigenvalue weighted by molar-refractivity contribution is -0.157. The molecule has 0 saturated carbocycles. The third-order valence-corrected chi connectivity index (χ3v) is 13.3. The van der Waals surface area contributed by atoms with Crippen molar-refractivity contribution in [3.63, 3.8) is 0 Å². The van der Waals surface area contributed by atoms with Crippen LogP contribution in [0.25, 0.3) is 0 Å². The van der Waals surface area contributed by atoms with E-state index >= 15 is 0 Å². The second kappa shape index (κ2) is 46.3. The first-order chi connectivity index (χ1) is 34.6. The normalized spacial score (nSPS) is 12.7. The number of aliphatic carboxylic acids is 3. The number of carboxylic acids is 3. The van der Waals surface area contributed by atoms with Crippen LogP contribution in [-0.4, -0.2) is 124 Å². The molecule has 0 saturated heterocycles. The van der Waals surface area contributed by atoms with Gasteiger partial charge in [-0.1, -0.05) is 168 Å². The average Bonchev–Trinajstić information content (AvgIpc) is 3.34. The zero-order valence-electron chi connectivity index (χ0n) is 43.8. The van der Waals surface area contributed by atoms with Gasteiger partial charge < -0.3 is 51.8 Å². The van der Waals surface area contributed by atoms with E-state index in [0.717, 1.165) is 50.3 Å². The molecule has 416 valence electrons. The highest BCUT2D eigenvalue weighted by molar-refractivity contribution is 7.99. The number of hydrogen-bond acceptors (Lipinski definition) is 13. The highest BCUT2D eigenvalue weighted by Gasteiger charge is 2.29. The van der Waals surface area contributed by atoms with Gasteiger partial charge in [-0.3, -0.25) is 38.4 Å². The van der Waals surface area contributed by atoms with Crippen molar-refractivity contribution in [3.05, 3.63) is 0 Å². The van der Waals surface area contributed by atoms with E-state index in [2.05, 4.69) is 35.1 Å². The van der Waals surface area contributed by atoms with Crippen LogP contribution in [0.5, 0.6) is 0 Å². The fourth-order valence-electron chi connectivity index (χ4n) is 7.82. The Hall–Kier alpha value is -4.46. The molecule has 0 aromatic heterocycles. The molecule has 0 aliphatic carbocycles. The molecule has 4 atom stereocenters. The zero-order valence-corrected chi connectivity index (χ0v) is 44.6. The highest BCUT2D eigenvalue weighted by atomic mass is 32.2. The largest absolute Gasteiger partial charge is 0.481 e. The first-order valence-electron chi connectivity index (χ1n) is 27.1. The molecule has 0 aromatic carbocycles. The van der Waals surface area contributed by atoms with Crippen LogP contribution in [0, 0.1) is 0 Å². The first kappa shape index (κ1) is 67.5. The molecule has 20 heteroatoms. The summed E-state index contributed by atoms with van der Waals surface area (Å²) >= 11 is 1.09. The van der Waals surface area contributed by atoms with Crippen LogP contribution in [0.2, 0.25) is 0 Å². The third kappa shape index (κ3) is 41.1. The topological polar surface area (TPSA) is 307 Å². The van der Waals surface area contributed by atoms with Crippen molar-refractivity contribution in [2.24, 2.45) is 5.73 Å². The number of amides is 4. The minimum absolute atomic E-state index is 0.0560. The molecule has 4 amide bonds. The van der Waals surface area contributed by atoms with Gasteiger partial charge in [0.05, 0.1) is 13.1 Å². The molecule has 0 aliphatic rings. The molecule has 72 heavy (non-hydrogen) atoms. The van der Waals surface area contributed by atoms with E-state index in [1.165, 1.54) is 116 Å². The van der Waals surface area contributed by atoms with Crippen LogP contribution >= 0.6 is 11.8 Å². The SMILES string of the molecule is CCCCCCCCCCCCCCCC(=O)OC[C@@H](CSC[C@H](NC(=O)CN)C(=O)N[C@@H](CCC(=O)O)C(=O)NCC(=O)N[C@H](CCC(=O)O)C(=O)O)OC(=O)CCCCCCCCCCCCCCC. The molecule has 19 nitrogen and oxygen atoms in total. The van der Waals surface area contributed by atoms with E-state index in [-0.39, 0.29) is 31.0 Å². The zero-order chi connectivity index (χ0) is 53.6. The molecule has 0 heterocycles. The molecule has 9 N–H and O–H groups in total. The van der Waals surface area contributed by atoms with E-state index in [9.17, 15) is 53.4 Å². The summed E-state index contributed by atoms with van der Waals surface area (Å²) in [6.07, 6.45) is 27.7. The quantitative estimate of drug-likeness (QED) is 0.0216. The van der Waals surface area contributed by atoms with Gasteiger partial charge in [0, 0.05) is 37.2 Å². The monoisotopic (exact) mass is 1040 g/mol. The Kier molecular flexibility index (Phi) is 43.5. The number of thioether (sulfide) groups is 1. The summed E-state index contributed by atoms with van der Waals surface area (Å²) in [7, 11) is 0. The lowest BCUT2D eigenvalue weighted by atomic mass is 10.0. The van der Waals surface area contributed by atoms with E-state index < -0.39 is 116 Å². The van der Waals surface area contributed by atoms with Crippen LogP contribution in [0.15, 0.2) is 0 Å². The summed E-state index contributed by atoms with van der Waals surface area (Å²) in [4.78, 5) is 111. The van der Waals surface area contributed by atoms with Crippen molar-refractivity contribution in [1.82, 2.24) is 21.3 Å². The van der Waals surface area contributed by atoms with Crippen LogP contribution in [0.3, 0.4) is 0 Å². The Morgan fingerprint density at radius 1 is 0.472 bits per heavy atom. The van der Waals surface area contributed by atoms with Crippen LogP contribution in [0.4, 0.5) is 0 Å². The lowest BCUT2D eigenvalue weighted by Gasteiger charge is -2.24. The van der Waals surface area contributed by atoms with Gasteiger partial charge in [0.1, 0.15) is 30.8 Å². The summed E-state index contributed by atoms with van der Waals surface area (Å²) in [6.45, 7) is 2.93. The molecule has 0 bridgehead atoms. The summed E-state index contributed by atoms with van der Waals surface area (Å²) in [5, 5.41) is 36.7. The predicted octanol–water partition coefficient (Wildman–Crippen LogP) is 7.48. The second-order valence-corrected chi connectivity index (χ2v) is 19.8. The maximum atomic E-state index is 13.6. The fraction of sp³-hybridized carbons (Fsp3) is 0.827. The minimum atomic E-state index is -1.56. The number of carbonyl (C=O) groups is 9. The molecule has 0 aliphatic heterocycles. The van der Waals surface area contributed by atoms with Gasteiger partial charge in [0.15, 0.2) is 0 Å². The van der Waals surface area contributed by atoms with Crippen LogP contribution in [-0.2, 0) is 52.6 Å². The van der Waals surface area contributed by atoms with Crippen molar-refractivity contribution in [1.29, 1.82) is 0 Å². The molecule has 0 rings (SSSR count). The maximum Gasteiger partial charge on any atom is 0.326 e. The summed E-state index contributed by atoms with van der Waals surface area (Å²) in [6, 6.07) is -4.43. The Morgan fingerprint density at radius 3 is 1.32 bits per heavy atom. The van der Waals surface area contributed by atoms with E-state index in [0.29, 0.717) is 12.8 Å². The van der Waals surface area contributed by atoms with E-state index in [1.807, 2.05) is 0 Å². The second-order valence-electron chi connectivity index (χ2n) is 18.7. The van der Waals surface area contributed by atoms with Crippen molar-refractivity contribution in [2.75, 3.05) is 31.2 Å². The molecule has 0 radical (unpaired) electrons. The lowest BCUT2D eigenvalue weighted by Crippen LogP contribution is -2.56. The predicted molar refractivity (Wildman–Crippen MR) is 278 cm³/mol. The molecule has 0 unspecified atom stereocenters. The Labute approximate surface area is 433 Å². The van der Waals surface area contributed by atoms with E-state index in [1.54, 1.807) is 0 Å². The summed E-state index contributed by atoms with van der Waals surface area (Å²) < 4.78 is 11.4. The summed E-state index contributed by atoms with van der Waals surface area (Å²) in [5.41, 5.74) is 5.52. The molecule has 0 aromatic rings. The third-order valence-electron chi connectivity index (χ3n) is 12.1. The minimum Gasteiger partial charge on any atom is -0.481 e. The molecule has 0 spiro atoms. The number of unbranched alkanes of at least 4 members (excludes halogenated alkanes) is 24. The average molecular weight is 1040 g/mol. The van der Waals surface area contributed by atoms with Crippen molar-refractivity contribution >= 4 is 65.2 Å². The number of rotatable bonds is 50. The number of carboxylic acid groups (broad SMARTS) is 3. The van der Waals surface area contributed by atoms with Gasteiger partial charge in [-0.25, -0.2) is 4.79 Å². The molecule has 0 fully saturated rings. The fourth-order valence-corrected chi connectivity index (χ4v) is 8.85. The Balaban J connectivity index is 5.50. The van der Waals surface area contributed by atoms with Crippen LogP contribution in [0.1, 0.15) is 219 Å². The van der Waals surface area contributed by atoms with Crippen molar-refractivity contribution in [2.45, 2.75) is 244 Å². The number of hydrogen-bond donors (Lipinski definition) is 8. The Morgan fingerprint density at radius 2 is 0.889 bits per heavy atom. The number of ether oxygens (including phenoxy) is 2. The standard InChI is InChI=1S/C52H93N5O14S/c1-3-5-7-9-11-13-15-17-19-21-23-25-27-29-48(64)70-37-40(71-49(65)30-28-26-24-22-20-18-16-14-12-10-8-6-4-2)38-72-39-43(56-44(58)35-53)51(67)57-41(31-33-46(60)61)50(66)54-36-45(59)55-42(52(68)69)32-34-47(62)63/h40-43H,3-39,53H2,1-2H3,(H,54,66)(H,55,59)(H,56,58)(H,57,67)(H,60,61)(H,62,63)(H,68,69)/t40-,41-,42+,43-/m0/s1. The van der Waals surface area contributed by atoms with Crippen molar-refractivity contribution in [3.8, 4) is 0 Å². The Bertz CT molecular complexity index is 1540. The van der Waals surface area contributed by atoms with Gasteiger partial charge >= 0.3 is 29.8 Å². The maximum absolute atomic E-state index is 13.6. The number of carbonyl (C=O) groups excluding carboxylic acids is 6. The number of nitrogens with one attached hydrogen (secondary N) is 4.